The predicted octanol–water partition coefficient (Wildman–Crippen LogP) is 5.01. The predicted molar refractivity (Wildman–Crippen MR) is 78.6 cm³/mol. The second-order valence-electron chi connectivity index (χ2n) is 5.47. The largest absolute Gasteiger partial charge is 0.404 e. The van der Waals surface area contributed by atoms with Crippen molar-refractivity contribution >= 4 is 9.84 Å². The molecule has 0 fully saturated rings. The average molecular weight is 400 g/mol. The van der Waals surface area contributed by atoms with Gasteiger partial charge in [0.1, 0.15) is 5.82 Å². The lowest BCUT2D eigenvalue weighted by Crippen LogP contribution is -2.34. The van der Waals surface area contributed by atoms with Gasteiger partial charge in [0.2, 0.25) is 0 Å². The summed E-state index contributed by atoms with van der Waals surface area (Å²) in [7, 11) is -3.93. The fraction of sp³-hybridized carbons (Fsp3) is 0.250. The van der Waals surface area contributed by atoms with Crippen LogP contribution in [0.4, 0.5) is 30.7 Å². The molecular formula is C16H11F7O2S. The molecule has 0 N–H and O–H groups in total. The first-order valence-corrected chi connectivity index (χ1v) is 8.66. The number of hydrogen-bond donors (Lipinski definition) is 0. The Kier molecular flexibility index (Phi) is 5.36. The van der Waals surface area contributed by atoms with Gasteiger partial charge in [-0.3, -0.25) is 0 Å². The molecule has 2 rings (SSSR count). The Labute approximate surface area is 144 Å². The summed E-state index contributed by atoms with van der Waals surface area (Å²) in [6, 6.07) is 6.86. The summed E-state index contributed by atoms with van der Waals surface area (Å²) in [6.07, 6.45) is -11.1. The lowest BCUT2D eigenvalue weighted by atomic mass is 9.97. The molecule has 26 heavy (non-hydrogen) atoms. The Balaban J connectivity index is 2.28. The van der Waals surface area contributed by atoms with Crippen LogP contribution in [-0.4, -0.2) is 20.8 Å². The maximum Gasteiger partial charge on any atom is 0.404 e. The van der Waals surface area contributed by atoms with E-state index in [0.717, 1.165) is 36.4 Å². The van der Waals surface area contributed by atoms with Crippen LogP contribution in [0.25, 0.3) is 0 Å². The number of halogens is 7. The molecule has 0 radical (unpaired) electrons. The zero-order valence-corrected chi connectivity index (χ0v) is 13.6. The molecule has 0 aromatic heterocycles. The third-order valence-corrected chi connectivity index (χ3v) is 5.20. The van der Waals surface area contributed by atoms with Gasteiger partial charge in [-0.1, -0.05) is 24.3 Å². The summed E-state index contributed by atoms with van der Waals surface area (Å²) in [5.74, 6) is -4.96. The average Bonchev–Trinajstić information content (AvgIpc) is 2.46. The van der Waals surface area contributed by atoms with Gasteiger partial charge in [0.25, 0.3) is 0 Å². The molecule has 10 heteroatoms. The van der Waals surface area contributed by atoms with Gasteiger partial charge in [0, 0.05) is 0 Å². The van der Waals surface area contributed by atoms with Crippen LogP contribution in [-0.2, 0) is 15.6 Å². The monoisotopic (exact) mass is 400 g/mol. The van der Waals surface area contributed by atoms with Gasteiger partial charge in [0.15, 0.2) is 15.8 Å². The first-order valence-electron chi connectivity index (χ1n) is 7.01. The van der Waals surface area contributed by atoms with E-state index in [9.17, 15) is 39.2 Å². The van der Waals surface area contributed by atoms with E-state index in [1.807, 2.05) is 0 Å². The van der Waals surface area contributed by atoms with Gasteiger partial charge >= 0.3 is 12.4 Å². The lowest BCUT2D eigenvalue weighted by Gasteiger charge is -2.23. The minimum atomic E-state index is -5.53. The van der Waals surface area contributed by atoms with Gasteiger partial charge in [-0.2, -0.15) is 26.3 Å². The van der Waals surface area contributed by atoms with Crippen molar-refractivity contribution in [2.24, 2.45) is 0 Å². The van der Waals surface area contributed by atoms with Crippen LogP contribution in [0.15, 0.2) is 53.4 Å². The number of rotatable bonds is 4. The Morgan fingerprint density at radius 1 is 0.769 bits per heavy atom. The zero-order chi connectivity index (χ0) is 19.8. The maximum absolute atomic E-state index is 12.8. The van der Waals surface area contributed by atoms with Crippen molar-refractivity contribution in [1.82, 2.24) is 0 Å². The molecule has 0 aliphatic carbocycles. The van der Waals surface area contributed by atoms with Crippen molar-refractivity contribution in [1.29, 1.82) is 0 Å². The van der Waals surface area contributed by atoms with E-state index in [1.165, 1.54) is 0 Å². The summed E-state index contributed by atoms with van der Waals surface area (Å²) in [5.41, 5.74) is -1.03. The van der Waals surface area contributed by atoms with E-state index >= 15 is 0 Å². The molecule has 0 heterocycles. The highest BCUT2D eigenvalue weighted by molar-refractivity contribution is 7.90. The summed E-state index contributed by atoms with van der Waals surface area (Å²) in [4.78, 5) is -0.216. The number of sulfone groups is 1. The van der Waals surface area contributed by atoms with E-state index in [1.54, 1.807) is 0 Å². The highest BCUT2D eigenvalue weighted by atomic mass is 32.2. The molecule has 2 nitrogen and oxygen atoms in total. The number of alkyl halides is 6. The van der Waals surface area contributed by atoms with Crippen molar-refractivity contribution in [3.63, 3.8) is 0 Å². The second-order valence-corrected chi connectivity index (χ2v) is 7.46. The van der Waals surface area contributed by atoms with Gasteiger partial charge in [-0.25, -0.2) is 12.8 Å². The van der Waals surface area contributed by atoms with E-state index in [0.29, 0.717) is 12.1 Å². The molecule has 0 bridgehead atoms. The molecule has 142 valence electrons. The Hall–Kier alpha value is -2.10. The third kappa shape index (κ3) is 4.75. The van der Waals surface area contributed by atoms with E-state index in [-0.39, 0.29) is 10.5 Å². The summed E-state index contributed by atoms with van der Waals surface area (Å²) >= 11 is 0. The summed E-state index contributed by atoms with van der Waals surface area (Å²) in [6.45, 7) is 0. The van der Waals surface area contributed by atoms with Crippen molar-refractivity contribution in [2.75, 3.05) is 0 Å². The van der Waals surface area contributed by atoms with Crippen molar-refractivity contribution in [3.05, 3.63) is 65.5 Å². The van der Waals surface area contributed by atoms with Crippen LogP contribution in [0.3, 0.4) is 0 Å². The quantitative estimate of drug-likeness (QED) is 0.534. The molecule has 0 saturated carbocycles. The second kappa shape index (κ2) is 6.90. The minimum Gasteiger partial charge on any atom is -0.223 e. The first-order chi connectivity index (χ1) is 11.8. The van der Waals surface area contributed by atoms with Crippen molar-refractivity contribution in [2.45, 2.75) is 28.9 Å². The van der Waals surface area contributed by atoms with Gasteiger partial charge in [-0.05, 0) is 35.4 Å². The highest BCUT2D eigenvalue weighted by Gasteiger charge is 2.57. The molecule has 0 spiro atoms. The maximum atomic E-state index is 12.8. The standard InChI is InChI=1S/C16H11F7O2S/c17-12-5-7-13(8-6-12)26(24,25)9-10-1-3-11(4-2-10)14(15(18,19)20)16(21,22)23/h1-8,14H,9H2. The van der Waals surface area contributed by atoms with Crippen LogP contribution < -0.4 is 0 Å². The van der Waals surface area contributed by atoms with Crippen LogP contribution in [0, 0.1) is 5.82 Å². The van der Waals surface area contributed by atoms with Crippen LogP contribution in [0.1, 0.15) is 17.0 Å². The third-order valence-electron chi connectivity index (χ3n) is 3.50. The van der Waals surface area contributed by atoms with Crippen LogP contribution in [0.2, 0.25) is 0 Å². The molecule has 0 saturated heterocycles. The van der Waals surface area contributed by atoms with Gasteiger partial charge in [-0.15, -0.1) is 0 Å². The number of hydrogen-bond acceptors (Lipinski definition) is 2. The smallest absolute Gasteiger partial charge is 0.223 e. The normalized spacial score (nSPS) is 13.2. The van der Waals surface area contributed by atoms with E-state index in [2.05, 4.69) is 0 Å². The fourth-order valence-electron chi connectivity index (χ4n) is 2.31. The minimum absolute atomic E-state index is 0.00109. The van der Waals surface area contributed by atoms with Gasteiger partial charge < -0.3 is 0 Å². The molecule has 0 unspecified atom stereocenters. The van der Waals surface area contributed by atoms with E-state index in [4.69, 9.17) is 0 Å². The molecule has 0 aliphatic heterocycles. The van der Waals surface area contributed by atoms with Gasteiger partial charge in [0.05, 0.1) is 10.6 Å². The highest BCUT2D eigenvalue weighted by Crippen LogP contribution is 2.46. The summed E-state index contributed by atoms with van der Waals surface area (Å²) < 4.78 is 113. The van der Waals surface area contributed by atoms with Crippen molar-refractivity contribution in [3.8, 4) is 0 Å². The molecule has 0 atom stereocenters. The zero-order valence-electron chi connectivity index (χ0n) is 12.8. The topological polar surface area (TPSA) is 34.1 Å². The van der Waals surface area contributed by atoms with Crippen LogP contribution in [0.5, 0.6) is 0 Å². The molecule has 2 aromatic carbocycles. The molecule has 0 aliphatic rings. The van der Waals surface area contributed by atoms with Crippen molar-refractivity contribution < 1.29 is 39.2 Å². The van der Waals surface area contributed by atoms with E-state index < -0.39 is 45.2 Å². The first kappa shape index (κ1) is 20.2. The Morgan fingerprint density at radius 3 is 1.65 bits per heavy atom. The van der Waals surface area contributed by atoms with Crippen LogP contribution >= 0.6 is 0 Å². The Bertz CT molecular complexity index is 837. The molecule has 2 aromatic rings. The SMILES string of the molecule is O=S(=O)(Cc1ccc(C(C(F)(F)F)C(F)(F)F)cc1)c1ccc(F)cc1. The number of benzene rings is 2. The fourth-order valence-corrected chi connectivity index (χ4v) is 3.66. The summed E-state index contributed by atoms with van der Waals surface area (Å²) in [5, 5.41) is 0. The molecule has 0 amide bonds. The lowest BCUT2D eigenvalue weighted by molar-refractivity contribution is -0.253. The Morgan fingerprint density at radius 2 is 1.23 bits per heavy atom. The molecular weight excluding hydrogens is 389 g/mol.